The second-order valence-corrected chi connectivity index (χ2v) is 5.16. The van der Waals surface area contributed by atoms with E-state index in [1.807, 2.05) is 30.5 Å². The second kappa shape index (κ2) is 4.66. The predicted molar refractivity (Wildman–Crippen MR) is 77.5 cm³/mol. The number of hydrogen-bond donors (Lipinski definition) is 1. The molecule has 1 aromatic carbocycles. The van der Waals surface area contributed by atoms with E-state index >= 15 is 0 Å². The number of halogens is 1. The van der Waals surface area contributed by atoms with Crippen LogP contribution in [0.4, 0.5) is 0 Å². The van der Waals surface area contributed by atoms with Gasteiger partial charge in [-0.2, -0.15) is 5.10 Å². The van der Waals surface area contributed by atoms with Crippen LogP contribution in [-0.2, 0) is 6.61 Å². The van der Waals surface area contributed by atoms with Crippen LogP contribution in [0, 0.1) is 3.57 Å². The van der Waals surface area contributed by atoms with Gasteiger partial charge in [-0.05, 0) is 28.0 Å². The summed E-state index contributed by atoms with van der Waals surface area (Å²) < 4.78 is 2.82. The lowest BCUT2D eigenvalue weighted by molar-refractivity contribution is 0.283. The molecule has 1 N–H and O–H groups in total. The van der Waals surface area contributed by atoms with Crippen molar-refractivity contribution in [1.29, 1.82) is 0 Å². The Hall–Kier alpha value is -1.47. The van der Waals surface area contributed by atoms with E-state index in [0.717, 1.165) is 25.7 Å². The molecular weight excluding hydrogens is 341 g/mol. The highest BCUT2D eigenvalue weighted by Gasteiger charge is 2.08. The molecule has 0 fully saturated rings. The van der Waals surface area contributed by atoms with Gasteiger partial charge in [0.2, 0.25) is 0 Å². The molecule has 18 heavy (non-hydrogen) atoms. The van der Waals surface area contributed by atoms with Gasteiger partial charge < -0.3 is 5.11 Å². The summed E-state index contributed by atoms with van der Waals surface area (Å²) in [5.41, 5.74) is 0.830. The number of hydrogen-bond acceptors (Lipinski definition) is 3. The van der Waals surface area contributed by atoms with E-state index in [1.165, 1.54) is 0 Å². The van der Waals surface area contributed by atoms with E-state index in [0.29, 0.717) is 0 Å². The van der Waals surface area contributed by atoms with Crippen LogP contribution in [0.1, 0.15) is 5.56 Å². The van der Waals surface area contributed by atoms with Gasteiger partial charge in [0.1, 0.15) is 0 Å². The van der Waals surface area contributed by atoms with Crippen molar-refractivity contribution < 1.29 is 5.11 Å². The van der Waals surface area contributed by atoms with Crippen molar-refractivity contribution in [1.82, 2.24) is 14.8 Å². The Morgan fingerprint density at radius 3 is 2.61 bits per heavy atom. The maximum atomic E-state index is 9.34. The maximum Gasteiger partial charge on any atom is 0.161 e. The van der Waals surface area contributed by atoms with Gasteiger partial charge in [-0.25, -0.2) is 9.67 Å². The Labute approximate surface area is 117 Å². The van der Waals surface area contributed by atoms with E-state index in [4.69, 9.17) is 0 Å². The molecule has 90 valence electrons. The number of aliphatic hydroxyl groups excluding tert-OH is 1. The summed E-state index contributed by atoms with van der Waals surface area (Å²) in [6.45, 7) is -0.00949. The molecule has 0 spiro atoms. The van der Waals surface area contributed by atoms with E-state index in [2.05, 4.69) is 32.7 Å². The number of aliphatic hydroxyl groups is 1. The lowest BCUT2D eigenvalue weighted by atomic mass is 10.1. The molecule has 0 aliphatic carbocycles. The number of fused-ring (bicyclic) bond motifs is 1. The third-order valence-electron chi connectivity index (χ3n) is 2.80. The van der Waals surface area contributed by atoms with Crippen molar-refractivity contribution in [3.63, 3.8) is 0 Å². The zero-order chi connectivity index (χ0) is 12.5. The topological polar surface area (TPSA) is 50.9 Å². The summed E-state index contributed by atoms with van der Waals surface area (Å²) in [5.74, 6) is 0.783. The van der Waals surface area contributed by atoms with Crippen molar-refractivity contribution >= 4 is 33.4 Å². The summed E-state index contributed by atoms with van der Waals surface area (Å²) in [7, 11) is 0. The first-order valence-electron chi connectivity index (χ1n) is 5.47. The van der Waals surface area contributed by atoms with Gasteiger partial charge in [0.15, 0.2) is 5.82 Å². The Balaban J connectivity index is 2.31. The van der Waals surface area contributed by atoms with Crippen LogP contribution < -0.4 is 0 Å². The van der Waals surface area contributed by atoms with E-state index in [-0.39, 0.29) is 6.61 Å². The zero-order valence-corrected chi connectivity index (χ0v) is 11.6. The van der Waals surface area contributed by atoms with Gasteiger partial charge in [0.25, 0.3) is 0 Å². The minimum absolute atomic E-state index is 0.00949. The van der Waals surface area contributed by atoms with Gasteiger partial charge in [0, 0.05) is 23.3 Å². The van der Waals surface area contributed by atoms with E-state index in [1.54, 1.807) is 17.1 Å². The average molecular weight is 351 g/mol. The Bertz CT molecular complexity index is 708. The molecule has 0 aliphatic rings. The second-order valence-electron chi connectivity index (χ2n) is 3.91. The highest BCUT2D eigenvalue weighted by atomic mass is 127. The van der Waals surface area contributed by atoms with Gasteiger partial charge >= 0.3 is 0 Å². The van der Waals surface area contributed by atoms with Crippen LogP contribution in [-0.4, -0.2) is 19.9 Å². The lowest BCUT2D eigenvalue weighted by Crippen LogP contribution is -2.01. The van der Waals surface area contributed by atoms with Crippen LogP contribution in [0.15, 0.2) is 42.9 Å². The number of pyridine rings is 1. The minimum Gasteiger partial charge on any atom is -0.392 e. The predicted octanol–water partition coefficient (Wildman–Crippen LogP) is 2.52. The zero-order valence-electron chi connectivity index (χ0n) is 9.42. The number of aromatic nitrogens is 3. The third kappa shape index (κ3) is 1.89. The van der Waals surface area contributed by atoms with Gasteiger partial charge in [0.05, 0.1) is 16.4 Å². The number of nitrogens with zero attached hydrogens (tertiary/aromatic N) is 3. The van der Waals surface area contributed by atoms with Crippen LogP contribution >= 0.6 is 22.6 Å². The SMILES string of the molecule is OCc1cnc(-n2cc(I)cn2)c2ccccc12. The highest BCUT2D eigenvalue weighted by Crippen LogP contribution is 2.23. The van der Waals surface area contributed by atoms with Crippen LogP contribution in [0.25, 0.3) is 16.6 Å². The van der Waals surface area contributed by atoms with Crippen molar-refractivity contribution in [2.45, 2.75) is 6.61 Å². The fourth-order valence-electron chi connectivity index (χ4n) is 1.96. The summed E-state index contributed by atoms with van der Waals surface area (Å²) in [6, 6.07) is 7.90. The highest BCUT2D eigenvalue weighted by molar-refractivity contribution is 14.1. The fourth-order valence-corrected chi connectivity index (χ4v) is 2.35. The molecule has 2 aromatic heterocycles. The van der Waals surface area contributed by atoms with Gasteiger partial charge in [-0.15, -0.1) is 0 Å². The Morgan fingerprint density at radius 2 is 1.94 bits per heavy atom. The summed E-state index contributed by atoms with van der Waals surface area (Å²) >= 11 is 2.21. The van der Waals surface area contributed by atoms with Crippen LogP contribution in [0.3, 0.4) is 0 Å². The van der Waals surface area contributed by atoms with Crippen molar-refractivity contribution in [2.24, 2.45) is 0 Å². The molecule has 0 atom stereocenters. The van der Waals surface area contributed by atoms with Crippen molar-refractivity contribution in [2.75, 3.05) is 0 Å². The Kier molecular flexibility index (Phi) is 3.00. The molecule has 2 heterocycles. The molecule has 0 unspecified atom stereocenters. The molecule has 0 amide bonds. The van der Waals surface area contributed by atoms with Crippen LogP contribution in [0.5, 0.6) is 0 Å². The average Bonchev–Trinajstić information content (AvgIpc) is 2.84. The van der Waals surface area contributed by atoms with E-state index in [9.17, 15) is 5.11 Å². The Morgan fingerprint density at radius 1 is 1.17 bits per heavy atom. The molecule has 0 aliphatic heterocycles. The first-order chi connectivity index (χ1) is 8.79. The lowest BCUT2D eigenvalue weighted by Gasteiger charge is -2.08. The maximum absolute atomic E-state index is 9.34. The molecule has 3 rings (SSSR count). The molecule has 3 aromatic rings. The van der Waals surface area contributed by atoms with Gasteiger partial charge in [-0.3, -0.25) is 0 Å². The fraction of sp³-hybridized carbons (Fsp3) is 0.0769. The van der Waals surface area contributed by atoms with Crippen molar-refractivity contribution in [3.8, 4) is 5.82 Å². The minimum atomic E-state index is -0.00949. The molecule has 0 bridgehead atoms. The standard InChI is InChI=1S/C13H10IN3O/c14-10-6-16-17(7-10)13-12-4-2-1-3-11(12)9(8-18)5-15-13/h1-7,18H,8H2. The monoisotopic (exact) mass is 351 g/mol. The molecular formula is C13H10IN3O. The number of rotatable bonds is 2. The molecule has 0 saturated carbocycles. The largest absolute Gasteiger partial charge is 0.392 e. The quantitative estimate of drug-likeness (QED) is 0.722. The third-order valence-corrected chi connectivity index (χ3v) is 3.35. The number of benzene rings is 1. The normalized spacial score (nSPS) is 11.0. The first kappa shape index (κ1) is 11.6. The summed E-state index contributed by atoms with van der Waals surface area (Å²) in [5, 5.41) is 15.6. The smallest absolute Gasteiger partial charge is 0.161 e. The summed E-state index contributed by atoms with van der Waals surface area (Å²) in [6.07, 6.45) is 5.41. The summed E-state index contributed by atoms with van der Waals surface area (Å²) in [4.78, 5) is 4.40. The van der Waals surface area contributed by atoms with E-state index < -0.39 is 0 Å². The van der Waals surface area contributed by atoms with Crippen molar-refractivity contribution in [3.05, 3.63) is 52.0 Å². The molecule has 5 heteroatoms. The molecule has 4 nitrogen and oxygen atoms in total. The molecule has 0 radical (unpaired) electrons. The first-order valence-corrected chi connectivity index (χ1v) is 6.55. The molecule has 0 saturated heterocycles. The van der Waals surface area contributed by atoms with Gasteiger partial charge in [-0.1, -0.05) is 24.3 Å². The van der Waals surface area contributed by atoms with Crippen LogP contribution in [0.2, 0.25) is 0 Å².